The van der Waals surface area contributed by atoms with Crippen LogP contribution in [-0.4, -0.2) is 96.7 Å². The number of piperidine rings is 1. The summed E-state index contributed by atoms with van der Waals surface area (Å²) in [6.07, 6.45) is 2.17. The van der Waals surface area contributed by atoms with Gasteiger partial charge in [-0.3, -0.25) is 4.90 Å². The second-order valence-corrected chi connectivity index (χ2v) is 13.0. The van der Waals surface area contributed by atoms with Crippen molar-refractivity contribution in [1.82, 2.24) is 4.90 Å². The van der Waals surface area contributed by atoms with Gasteiger partial charge in [0.1, 0.15) is 16.8 Å². The molecule has 0 aromatic heterocycles. The lowest BCUT2D eigenvalue weighted by molar-refractivity contribution is -0.337. The quantitative estimate of drug-likeness (QED) is 0.365. The van der Waals surface area contributed by atoms with Gasteiger partial charge in [0.2, 0.25) is 0 Å². The number of nitrogens with zero attached hydrogens (tertiary/aromatic N) is 1. The van der Waals surface area contributed by atoms with Gasteiger partial charge in [0.15, 0.2) is 0 Å². The molecule has 1 heterocycles. The van der Waals surface area contributed by atoms with Crippen LogP contribution >= 0.6 is 0 Å². The van der Waals surface area contributed by atoms with Crippen molar-refractivity contribution in [1.29, 1.82) is 0 Å². The summed E-state index contributed by atoms with van der Waals surface area (Å²) in [4.78, 5) is 16.1. The number of rotatable bonds is 6. The van der Waals surface area contributed by atoms with E-state index >= 15 is 0 Å². The molecule has 5 saturated carbocycles. The highest BCUT2D eigenvalue weighted by atomic mass is 16.6. The molecular weight excluding hydrogens is 500 g/mol. The van der Waals surface area contributed by atoms with Gasteiger partial charge >= 0.3 is 5.97 Å². The Morgan fingerprint density at radius 2 is 1.87 bits per heavy atom. The van der Waals surface area contributed by atoms with Gasteiger partial charge in [0.05, 0.1) is 23.9 Å². The number of hydrogen-bond donors (Lipinski definition) is 3. The number of likely N-dealkylation sites (tertiary alicyclic amines) is 1. The highest BCUT2D eigenvalue weighted by molar-refractivity contribution is 5.95. The standard InChI is InChI=1S/C30H42N2O7/c1-5-32-15-27(39-26(33)16-8-6-7-9-19(16)31)11-10-23(37-3)29-21(27)13-18(24(29)32)28(34)14-20(36-2)17-12-22(29)30(28,35)25(17)38-4/h6-9,17-18,20-25,34-35H,5,10-15,31H2,1-4H3/t17-,18-,20+,21-,22+,23+,24+,25+,27-,28+,29+,30+/m1/s1. The summed E-state index contributed by atoms with van der Waals surface area (Å²) >= 11 is 0. The SMILES string of the molecule is CCN1C[C@]2(OC(=O)c3ccccc3N)CC[C@H](OC)[C@]34[C@@H]1[C@@H](C[C@H]23)[C@@]1(O)C[C@H](OC)[C@H]2C[C@@H]4[C@]1(O)[C@H]2OC. The summed E-state index contributed by atoms with van der Waals surface area (Å²) < 4.78 is 24.9. The zero-order valence-corrected chi connectivity index (χ0v) is 23.3. The number of ether oxygens (including phenoxy) is 4. The van der Waals surface area contributed by atoms with Crippen LogP contribution in [0.1, 0.15) is 49.4 Å². The number of hydrogen-bond acceptors (Lipinski definition) is 9. The molecule has 6 aliphatic rings. The zero-order valence-electron chi connectivity index (χ0n) is 23.3. The fourth-order valence-corrected chi connectivity index (χ4v) is 11.3. The van der Waals surface area contributed by atoms with Crippen molar-refractivity contribution in [2.45, 2.75) is 80.2 Å². The molecule has 1 spiro atoms. The molecule has 214 valence electrons. The van der Waals surface area contributed by atoms with Crippen molar-refractivity contribution < 1.29 is 34.0 Å². The second kappa shape index (κ2) is 8.39. The Morgan fingerprint density at radius 1 is 1.10 bits per heavy atom. The number of esters is 1. The summed E-state index contributed by atoms with van der Waals surface area (Å²) in [5.41, 5.74) is 2.84. The molecule has 0 radical (unpaired) electrons. The molecular formula is C30H42N2O7. The van der Waals surface area contributed by atoms with Crippen molar-refractivity contribution in [3.63, 3.8) is 0 Å². The van der Waals surface area contributed by atoms with Crippen LogP contribution < -0.4 is 5.73 Å². The molecule has 9 nitrogen and oxygen atoms in total. The molecule has 1 aromatic carbocycles. The van der Waals surface area contributed by atoms with Gasteiger partial charge in [-0.15, -0.1) is 0 Å². The third kappa shape index (κ3) is 2.80. The third-order valence-electron chi connectivity index (χ3n) is 12.4. The van der Waals surface area contributed by atoms with Crippen LogP contribution in [0.15, 0.2) is 24.3 Å². The minimum atomic E-state index is -1.44. The first kappa shape index (κ1) is 26.2. The summed E-state index contributed by atoms with van der Waals surface area (Å²) in [5.74, 6) is -1.06. The molecule has 9 heteroatoms. The Hall–Kier alpha value is -1.75. The van der Waals surface area contributed by atoms with Crippen LogP contribution in [0.25, 0.3) is 0 Å². The number of likely N-dealkylation sites (N-methyl/N-ethyl adjacent to an activating group) is 1. The zero-order chi connectivity index (χ0) is 27.5. The Bertz CT molecular complexity index is 1180. The van der Waals surface area contributed by atoms with Gasteiger partial charge in [-0.05, 0) is 44.4 Å². The number of fused-ring (bicyclic) bond motifs is 2. The normalized spacial score (nSPS) is 51.1. The maximum absolute atomic E-state index is 13.7. The minimum Gasteiger partial charge on any atom is -0.454 e. The predicted molar refractivity (Wildman–Crippen MR) is 142 cm³/mol. The van der Waals surface area contributed by atoms with Crippen molar-refractivity contribution >= 4 is 11.7 Å². The van der Waals surface area contributed by atoms with E-state index in [9.17, 15) is 15.0 Å². The van der Waals surface area contributed by atoms with Gasteiger partial charge in [-0.2, -0.15) is 0 Å². The number of methoxy groups -OCH3 is 3. The van der Waals surface area contributed by atoms with E-state index in [1.54, 1.807) is 39.5 Å². The van der Waals surface area contributed by atoms with Crippen LogP contribution in [0.5, 0.6) is 0 Å². The first-order chi connectivity index (χ1) is 18.7. The van der Waals surface area contributed by atoms with E-state index in [0.717, 1.165) is 6.54 Å². The van der Waals surface area contributed by atoms with E-state index in [-0.39, 0.29) is 41.9 Å². The molecule has 0 amide bonds. The highest BCUT2D eigenvalue weighted by Gasteiger charge is 2.89. The number of nitrogen functional groups attached to an aromatic ring is 1. The molecule has 1 aliphatic heterocycles. The van der Waals surface area contributed by atoms with E-state index in [2.05, 4.69) is 11.8 Å². The summed E-state index contributed by atoms with van der Waals surface area (Å²) in [6, 6.07) is 7.04. The maximum Gasteiger partial charge on any atom is 0.340 e. The molecule has 4 N–H and O–H groups in total. The number of carbonyl (C=O) groups excluding carboxylic acids is 1. The van der Waals surface area contributed by atoms with Crippen LogP contribution in [-0.2, 0) is 18.9 Å². The van der Waals surface area contributed by atoms with Crippen molar-refractivity contribution in [2.75, 3.05) is 40.2 Å². The lowest BCUT2D eigenvalue weighted by Gasteiger charge is -2.70. The molecule has 0 unspecified atom stereocenters. The number of benzene rings is 1. The molecule has 1 aromatic rings. The predicted octanol–water partition coefficient (Wildman–Crippen LogP) is 1.85. The number of para-hydroxylation sites is 1. The van der Waals surface area contributed by atoms with Crippen LogP contribution in [0, 0.1) is 29.1 Å². The minimum absolute atomic E-state index is 0.00601. The van der Waals surface area contributed by atoms with Crippen LogP contribution in [0.4, 0.5) is 5.69 Å². The Kier molecular flexibility index (Phi) is 5.63. The number of carbonyl (C=O) groups is 1. The van der Waals surface area contributed by atoms with Gasteiger partial charge < -0.3 is 34.9 Å². The fourth-order valence-electron chi connectivity index (χ4n) is 11.3. The average molecular weight is 543 g/mol. The average Bonchev–Trinajstić information content (AvgIpc) is 3.35. The second-order valence-electron chi connectivity index (χ2n) is 13.0. The number of nitrogens with two attached hydrogens (primary N) is 1. The van der Waals surface area contributed by atoms with Crippen LogP contribution in [0.3, 0.4) is 0 Å². The molecule has 7 bridgehead atoms. The lowest BCUT2D eigenvalue weighted by Crippen LogP contribution is -2.83. The van der Waals surface area contributed by atoms with E-state index < -0.39 is 34.3 Å². The van der Waals surface area contributed by atoms with Crippen molar-refractivity contribution in [3.05, 3.63) is 29.8 Å². The smallest absolute Gasteiger partial charge is 0.340 e. The van der Waals surface area contributed by atoms with Gasteiger partial charge in [-0.1, -0.05) is 19.1 Å². The van der Waals surface area contributed by atoms with Gasteiger partial charge in [0, 0.05) is 75.1 Å². The maximum atomic E-state index is 13.7. The largest absolute Gasteiger partial charge is 0.454 e. The monoisotopic (exact) mass is 542 g/mol. The Balaban J connectivity index is 1.42. The van der Waals surface area contributed by atoms with Gasteiger partial charge in [0.25, 0.3) is 0 Å². The molecule has 1 saturated heterocycles. The van der Waals surface area contributed by atoms with E-state index in [1.165, 1.54) is 0 Å². The van der Waals surface area contributed by atoms with E-state index in [1.807, 2.05) is 6.07 Å². The van der Waals surface area contributed by atoms with Gasteiger partial charge in [-0.25, -0.2) is 4.79 Å². The molecule has 7 rings (SSSR count). The summed E-state index contributed by atoms with van der Waals surface area (Å²) in [6.45, 7) is 3.47. The highest BCUT2D eigenvalue weighted by Crippen LogP contribution is 2.79. The van der Waals surface area contributed by atoms with Crippen molar-refractivity contribution in [2.24, 2.45) is 29.1 Å². The summed E-state index contributed by atoms with van der Waals surface area (Å²) in [7, 11) is 5.09. The Labute approximate surface area is 229 Å². The lowest BCUT2D eigenvalue weighted by atomic mass is 9.44. The first-order valence-electron chi connectivity index (χ1n) is 14.5. The van der Waals surface area contributed by atoms with Crippen molar-refractivity contribution in [3.8, 4) is 0 Å². The number of anilines is 1. The fraction of sp³-hybridized carbons (Fsp3) is 0.767. The topological polar surface area (TPSA) is 124 Å². The molecule has 12 atom stereocenters. The van der Waals surface area contributed by atoms with E-state index in [0.29, 0.717) is 49.9 Å². The first-order valence-corrected chi connectivity index (χ1v) is 14.5. The number of aliphatic hydroxyl groups is 2. The Morgan fingerprint density at radius 3 is 2.54 bits per heavy atom. The molecule has 39 heavy (non-hydrogen) atoms. The van der Waals surface area contributed by atoms with E-state index in [4.69, 9.17) is 24.7 Å². The molecule has 5 aliphatic carbocycles. The summed E-state index contributed by atoms with van der Waals surface area (Å²) in [5, 5.41) is 25.6. The third-order valence-corrected chi connectivity index (χ3v) is 12.4. The van der Waals surface area contributed by atoms with Crippen LogP contribution in [0.2, 0.25) is 0 Å². The molecule has 6 fully saturated rings.